The van der Waals surface area contributed by atoms with Gasteiger partial charge in [0, 0.05) is 19.6 Å². The van der Waals surface area contributed by atoms with Crippen LogP contribution >= 0.6 is 0 Å². The molecule has 0 fully saturated rings. The highest BCUT2D eigenvalue weighted by atomic mass is 16.5. The molecule has 23 heavy (non-hydrogen) atoms. The van der Waals surface area contributed by atoms with Crippen LogP contribution < -0.4 is 15.0 Å². The lowest BCUT2D eigenvalue weighted by Gasteiger charge is -2.20. The van der Waals surface area contributed by atoms with Gasteiger partial charge in [0.1, 0.15) is 11.4 Å². The first-order valence-electron chi connectivity index (χ1n) is 7.80. The minimum Gasteiger partial charge on any atom is -0.497 e. The Morgan fingerprint density at radius 3 is 2.35 bits per heavy atom. The quantitative estimate of drug-likeness (QED) is 0.854. The molecule has 122 valence electrons. The fraction of sp³-hybridized carbons (Fsp3) is 0.333. The van der Waals surface area contributed by atoms with E-state index in [0.29, 0.717) is 12.2 Å². The highest BCUT2D eigenvalue weighted by Crippen LogP contribution is 2.13. The van der Waals surface area contributed by atoms with E-state index in [4.69, 9.17) is 4.74 Å². The van der Waals surface area contributed by atoms with Crippen molar-refractivity contribution in [1.82, 2.24) is 10.3 Å². The van der Waals surface area contributed by atoms with Gasteiger partial charge in [-0.3, -0.25) is 4.79 Å². The number of anilines is 1. The topological polar surface area (TPSA) is 54.5 Å². The maximum Gasteiger partial charge on any atom is 0.270 e. The van der Waals surface area contributed by atoms with E-state index in [0.717, 1.165) is 30.1 Å². The number of aromatic nitrogens is 1. The van der Waals surface area contributed by atoms with Crippen molar-refractivity contribution < 1.29 is 9.53 Å². The molecule has 0 radical (unpaired) electrons. The summed E-state index contributed by atoms with van der Waals surface area (Å²) in [6.07, 6.45) is 1.75. The smallest absolute Gasteiger partial charge is 0.270 e. The van der Waals surface area contributed by atoms with E-state index in [2.05, 4.69) is 29.0 Å². The first-order chi connectivity index (χ1) is 11.2. The number of methoxy groups -OCH3 is 1. The van der Waals surface area contributed by atoms with Gasteiger partial charge in [-0.05, 0) is 43.7 Å². The second kappa shape index (κ2) is 8.17. The van der Waals surface area contributed by atoms with Crippen molar-refractivity contribution in [2.45, 2.75) is 20.4 Å². The lowest BCUT2D eigenvalue weighted by atomic mass is 10.2. The third-order valence-corrected chi connectivity index (χ3v) is 3.72. The molecule has 0 aliphatic rings. The van der Waals surface area contributed by atoms with Crippen molar-refractivity contribution in [2.24, 2.45) is 0 Å². The first kappa shape index (κ1) is 16.8. The molecule has 1 N–H and O–H groups in total. The average molecular weight is 313 g/mol. The van der Waals surface area contributed by atoms with Crippen molar-refractivity contribution in [3.8, 4) is 5.75 Å². The molecular weight excluding hydrogens is 290 g/mol. The molecule has 1 amide bonds. The van der Waals surface area contributed by atoms with Crippen LogP contribution in [-0.2, 0) is 6.54 Å². The summed E-state index contributed by atoms with van der Waals surface area (Å²) in [6, 6.07) is 11.3. The number of pyridine rings is 1. The molecule has 1 heterocycles. The molecule has 1 aromatic carbocycles. The number of nitrogens with zero attached hydrogens (tertiary/aromatic N) is 2. The summed E-state index contributed by atoms with van der Waals surface area (Å²) in [4.78, 5) is 18.6. The Balaban J connectivity index is 1.94. The first-order valence-corrected chi connectivity index (χ1v) is 7.80. The van der Waals surface area contributed by atoms with Gasteiger partial charge in [-0.15, -0.1) is 0 Å². The maximum absolute atomic E-state index is 12.1. The summed E-state index contributed by atoms with van der Waals surface area (Å²) in [7, 11) is 1.63. The van der Waals surface area contributed by atoms with Crippen molar-refractivity contribution in [3.63, 3.8) is 0 Å². The number of carbonyl (C=O) groups excluding carboxylic acids is 1. The van der Waals surface area contributed by atoms with Crippen molar-refractivity contribution >= 4 is 11.6 Å². The van der Waals surface area contributed by atoms with Crippen LogP contribution in [0.3, 0.4) is 0 Å². The molecule has 0 saturated carbocycles. The van der Waals surface area contributed by atoms with Gasteiger partial charge < -0.3 is 15.0 Å². The van der Waals surface area contributed by atoms with Gasteiger partial charge >= 0.3 is 0 Å². The molecular formula is C18H23N3O2. The average Bonchev–Trinajstić information content (AvgIpc) is 2.61. The number of amides is 1. The van der Waals surface area contributed by atoms with E-state index in [1.54, 1.807) is 19.4 Å². The van der Waals surface area contributed by atoms with Gasteiger partial charge in [0.05, 0.1) is 19.0 Å². The molecule has 2 aromatic rings. The van der Waals surface area contributed by atoms with E-state index in [-0.39, 0.29) is 5.91 Å². The fourth-order valence-corrected chi connectivity index (χ4v) is 2.31. The van der Waals surface area contributed by atoms with Gasteiger partial charge in [0.15, 0.2) is 0 Å². The molecule has 0 aliphatic carbocycles. The van der Waals surface area contributed by atoms with E-state index < -0.39 is 0 Å². The molecule has 5 heteroatoms. The third-order valence-electron chi connectivity index (χ3n) is 3.72. The number of hydrogen-bond donors (Lipinski definition) is 1. The highest BCUT2D eigenvalue weighted by Gasteiger charge is 2.08. The summed E-state index contributed by atoms with van der Waals surface area (Å²) < 4.78 is 5.11. The monoisotopic (exact) mass is 313 g/mol. The number of rotatable bonds is 7. The number of benzene rings is 1. The number of hydrogen-bond acceptors (Lipinski definition) is 4. The normalized spacial score (nSPS) is 10.2. The second-order valence-corrected chi connectivity index (χ2v) is 5.10. The molecule has 1 aromatic heterocycles. The summed E-state index contributed by atoms with van der Waals surface area (Å²) in [6.45, 7) is 6.49. The predicted molar refractivity (Wildman–Crippen MR) is 92.0 cm³/mol. The lowest BCUT2D eigenvalue weighted by molar-refractivity contribution is 0.0946. The number of carbonyl (C=O) groups is 1. The van der Waals surface area contributed by atoms with Crippen molar-refractivity contribution in [1.29, 1.82) is 0 Å². The zero-order valence-electron chi connectivity index (χ0n) is 13.9. The van der Waals surface area contributed by atoms with Gasteiger partial charge in [0.2, 0.25) is 0 Å². The Bertz CT molecular complexity index is 620. The highest BCUT2D eigenvalue weighted by molar-refractivity contribution is 5.92. The number of nitrogens with one attached hydrogen (secondary N) is 1. The summed E-state index contributed by atoms with van der Waals surface area (Å²) >= 11 is 0. The van der Waals surface area contributed by atoms with E-state index in [1.165, 1.54) is 0 Å². The molecule has 0 atom stereocenters. The van der Waals surface area contributed by atoms with Crippen LogP contribution in [0.4, 0.5) is 5.69 Å². The molecule has 2 rings (SSSR count). The van der Waals surface area contributed by atoms with Crippen molar-refractivity contribution in [2.75, 3.05) is 25.1 Å². The Labute approximate surface area is 137 Å². The standard InChI is InChI=1S/C18H23N3O2/c1-4-21(5-2)15-8-11-17(19-13-15)18(22)20-12-14-6-9-16(23-3)10-7-14/h6-11,13H,4-5,12H2,1-3H3,(H,20,22). The van der Waals surface area contributed by atoms with Crippen LogP contribution in [0.15, 0.2) is 42.6 Å². The molecule has 0 spiro atoms. The van der Waals surface area contributed by atoms with Crippen LogP contribution in [0.2, 0.25) is 0 Å². The fourth-order valence-electron chi connectivity index (χ4n) is 2.31. The maximum atomic E-state index is 12.1. The van der Waals surface area contributed by atoms with E-state index in [9.17, 15) is 4.79 Å². The Morgan fingerprint density at radius 2 is 1.83 bits per heavy atom. The molecule has 5 nitrogen and oxygen atoms in total. The largest absolute Gasteiger partial charge is 0.497 e. The second-order valence-electron chi connectivity index (χ2n) is 5.10. The van der Waals surface area contributed by atoms with Crippen LogP contribution in [0.25, 0.3) is 0 Å². The summed E-state index contributed by atoms with van der Waals surface area (Å²) in [5.41, 5.74) is 2.47. The predicted octanol–water partition coefficient (Wildman–Crippen LogP) is 2.87. The molecule has 0 unspecified atom stereocenters. The van der Waals surface area contributed by atoms with E-state index >= 15 is 0 Å². The van der Waals surface area contributed by atoms with Gasteiger partial charge in [-0.1, -0.05) is 12.1 Å². The SMILES string of the molecule is CCN(CC)c1ccc(C(=O)NCc2ccc(OC)cc2)nc1. The molecule has 0 aliphatic heterocycles. The Morgan fingerprint density at radius 1 is 1.13 bits per heavy atom. The van der Waals surface area contributed by atoms with Crippen LogP contribution in [-0.4, -0.2) is 31.1 Å². The van der Waals surface area contributed by atoms with Gasteiger partial charge in [-0.25, -0.2) is 4.98 Å². The Hall–Kier alpha value is -2.56. The van der Waals surface area contributed by atoms with Crippen LogP contribution in [0.5, 0.6) is 5.75 Å². The zero-order valence-corrected chi connectivity index (χ0v) is 13.9. The van der Waals surface area contributed by atoms with Crippen molar-refractivity contribution in [3.05, 3.63) is 53.9 Å². The van der Waals surface area contributed by atoms with Crippen LogP contribution in [0.1, 0.15) is 29.9 Å². The molecule has 0 bridgehead atoms. The van der Waals surface area contributed by atoms with Gasteiger partial charge in [-0.2, -0.15) is 0 Å². The third kappa shape index (κ3) is 4.45. The van der Waals surface area contributed by atoms with Gasteiger partial charge in [0.25, 0.3) is 5.91 Å². The number of ether oxygens (including phenoxy) is 1. The minimum atomic E-state index is -0.174. The summed E-state index contributed by atoms with van der Waals surface area (Å²) in [5, 5.41) is 2.87. The van der Waals surface area contributed by atoms with Crippen LogP contribution in [0, 0.1) is 0 Å². The summed E-state index contributed by atoms with van der Waals surface area (Å²) in [5.74, 6) is 0.626. The Kier molecular flexibility index (Phi) is 5.97. The minimum absolute atomic E-state index is 0.174. The zero-order chi connectivity index (χ0) is 16.7. The molecule has 0 saturated heterocycles. The van der Waals surface area contributed by atoms with E-state index in [1.807, 2.05) is 30.3 Å². The lowest BCUT2D eigenvalue weighted by Crippen LogP contribution is -2.25.